The van der Waals surface area contributed by atoms with Gasteiger partial charge in [-0.05, 0) is 0 Å². The van der Waals surface area contributed by atoms with Crippen LogP contribution in [0.3, 0.4) is 0 Å². The Hall–Kier alpha value is -0.710. The maximum Gasteiger partial charge on any atom is 0.414 e. The number of alkyl carbamates (subject to hydrolysis) is 1. The highest BCUT2D eigenvalue weighted by Gasteiger charge is 2.05. The van der Waals surface area contributed by atoms with Crippen LogP contribution in [0.1, 0.15) is 13.3 Å². The summed E-state index contributed by atoms with van der Waals surface area (Å²) in [7, 11) is 0. The van der Waals surface area contributed by atoms with Gasteiger partial charge in [0.15, 0.2) is 0 Å². The molecule has 0 fully saturated rings. The molecule has 0 unspecified atom stereocenters. The van der Waals surface area contributed by atoms with Crippen molar-refractivity contribution in [3.63, 3.8) is 0 Å². The lowest BCUT2D eigenvalue weighted by molar-refractivity contribution is -0.136. The average Bonchev–Trinajstić information content (AvgIpc) is 2.00. The van der Waals surface area contributed by atoms with Crippen LogP contribution in [-0.4, -0.2) is 24.4 Å². The Kier molecular flexibility index (Phi) is 5.64. The molecule has 5 heteroatoms. The predicted octanol–water partition coefficient (Wildman–Crippen LogP) is 0.579. The summed E-state index contributed by atoms with van der Waals surface area (Å²) < 4.78 is 4.28. The van der Waals surface area contributed by atoms with Crippen LogP contribution in [0.15, 0.2) is 0 Å². The van der Waals surface area contributed by atoms with E-state index in [1.54, 1.807) is 6.92 Å². The van der Waals surface area contributed by atoms with E-state index in [4.69, 9.17) is 0 Å². The monoisotopic (exact) mass is 177 g/mol. The second kappa shape index (κ2) is 6.03. The van der Waals surface area contributed by atoms with Crippen LogP contribution in [-0.2, 0) is 9.53 Å². The van der Waals surface area contributed by atoms with Crippen molar-refractivity contribution < 1.29 is 14.3 Å². The molecule has 0 bridgehead atoms. The molecule has 0 aliphatic rings. The van der Waals surface area contributed by atoms with Crippen LogP contribution < -0.4 is 5.32 Å². The molecule has 11 heavy (non-hydrogen) atoms. The topological polar surface area (TPSA) is 55.4 Å². The first kappa shape index (κ1) is 10.3. The number of hydrogen-bond acceptors (Lipinski definition) is 4. The largest absolute Gasteiger partial charge is 0.414 e. The van der Waals surface area contributed by atoms with E-state index in [2.05, 4.69) is 22.7 Å². The van der Waals surface area contributed by atoms with E-state index in [-0.39, 0.29) is 6.42 Å². The molecule has 0 aromatic carbocycles. The zero-order valence-corrected chi connectivity index (χ0v) is 7.19. The summed E-state index contributed by atoms with van der Waals surface area (Å²) in [5, 5.41) is 2.34. The number of carbonyl (C=O) groups is 2. The molecule has 4 nitrogen and oxygen atoms in total. The van der Waals surface area contributed by atoms with Crippen LogP contribution in [0.2, 0.25) is 0 Å². The van der Waals surface area contributed by atoms with Crippen LogP contribution >= 0.6 is 12.6 Å². The van der Waals surface area contributed by atoms with E-state index in [0.717, 1.165) is 0 Å². The molecule has 0 radical (unpaired) electrons. The molecule has 0 aromatic heterocycles. The van der Waals surface area contributed by atoms with Crippen molar-refractivity contribution >= 4 is 24.7 Å². The minimum absolute atomic E-state index is 0.203. The second-order valence-corrected chi connectivity index (χ2v) is 2.21. The summed E-state index contributed by atoms with van der Waals surface area (Å²) in [4.78, 5) is 21.1. The first-order chi connectivity index (χ1) is 5.20. The highest BCUT2D eigenvalue weighted by Crippen LogP contribution is 1.84. The van der Waals surface area contributed by atoms with Gasteiger partial charge in [-0.25, -0.2) is 4.79 Å². The first-order valence-corrected chi connectivity index (χ1v) is 3.93. The molecule has 0 aliphatic heterocycles. The molecule has 64 valence electrons. The van der Waals surface area contributed by atoms with Crippen molar-refractivity contribution in [1.82, 2.24) is 5.32 Å². The zero-order chi connectivity index (χ0) is 8.69. The van der Waals surface area contributed by atoms with Crippen LogP contribution in [0, 0.1) is 0 Å². The van der Waals surface area contributed by atoms with E-state index in [9.17, 15) is 9.59 Å². The Balaban J connectivity index is 3.44. The number of rotatable bonds is 3. The molecule has 1 N–H and O–H groups in total. The standard InChI is InChI=1S/C6H11NO3S/c1-2-5(8)10-6(9)7-3-4-11/h11H,2-4H2,1H3,(H,7,9). The molecule has 1 amide bonds. The number of esters is 1. The van der Waals surface area contributed by atoms with Gasteiger partial charge < -0.3 is 10.1 Å². The molecule has 0 aliphatic carbocycles. The highest BCUT2D eigenvalue weighted by molar-refractivity contribution is 7.80. The third-order valence-electron chi connectivity index (χ3n) is 0.876. The van der Waals surface area contributed by atoms with E-state index in [1.165, 1.54) is 0 Å². The fourth-order valence-electron chi connectivity index (χ4n) is 0.370. The Labute approximate surface area is 70.7 Å². The number of carbonyl (C=O) groups excluding carboxylic acids is 2. The van der Waals surface area contributed by atoms with Crippen molar-refractivity contribution in [2.45, 2.75) is 13.3 Å². The third kappa shape index (κ3) is 5.72. The van der Waals surface area contributed by atoms with Gasteiger partial charge in [-0.2, -0.15) is 12.6 Å². The number of amides is 1. The van der Waals surface area contributed by atoms with Gasteiger partial charge in [0.25, 0.3) is 0 Å². The number of ether oxygens (including phenoxy) is 1. The van der Waals surface area contributed by atoms with Crippen molar-refractivity contribution in [1.29, 1.82) is 0 Å². The van der Waals surface area contributed by atoms with Gasteiger partial charge in [-0.3, -0.25) is 4.79 Å². The van der Waals surface area contributed by atoms with Crippen molar-refractivity contribution in [3.8, 4) is 0 Å². The minimum atomic E-state index is -0.703. The summed E-state index contributed by atoms with van der Waals surface area (Å²) in [5.74, 6) is -0.00301. The summed E-state index contributed by atoms with van der Waals surface area (Å²) in [6.45, 7) is 2.02. The SMILES string of the molecule is CCC(=O)OC(=O)NCCS. The average molecular weight is 177 g/mol. The van der Waals surface area contributed by atoms with Crippen molar-refractivity contribution in [3.05, 3.63) is 0 Å². The molecule has 0 atom stereocenters. The lowest BCUT2D eigenvalue weighted by Gasteiger charge is -2.01. The van der Waals surface area contributed by atoms with Gasteiger partial charge in [0, 0.05) is 18.7 Å². The molecule has 0 heterocycles. The summed E-state index contributed by atoms with van der Waals surface area (Å²) in [5.41, 5.74) is 0. The van der Waals surface area contributed by atoms with E-state index < -0.39 is 12.1 Å². The maximum atomic E-state index is 10.6. The summed E-state index contributed by atoms with van der Waals surface area (Å²) in [6.07, 6.45) is -0.500. The van der Waals surface area contributed by atoms with E-state index >= 15 is 0 Å². The smallest absolute Gasteiger partial charge is 0.376 e. The quantitative estimate of drug-likeness (QED) is 0.376. The molecule has 0 aromatic rings. The lowest BCUT2D eigenvalue weighted by Crippen LogP contribution is -2.28. The molecule has 0 saturated carbocycles. The Morgan fingerprint density at radius 2 is 2.18 bits per heavy atom. The molecular weight excluding hydrogens is 166 g/mol. The van der Waals surface area contributed by atoms with Crippen LogP contribution in [0.25, 0.3) is 0 Å². The number of nitrogens with one attached hydrogen (secondary N) is 1. The molecule has 0 rings (SSSR count). The molecule has 0 spiro atoms. The summed E-state index contributed by atoms with van der Waals surface area (Å²) >= 11 is 3.85. The fourth-order valence-corrected chi connectivity index (χ4v) is 0.481. The number of thiol groups is 1. The van der Waals surface area contributed by atoms with Gasteiger partial charge in [-0.1, -0.05) is 6.92 Å². The van der Waals surface area contributed by atoms with Gasteiger partial charge in [0.2, 0.25) is 0 Å². The van der Waals surface area contributed by atoms with Crippen LogP contribution in [0.4, 0.5) is 4.79 Å². The highest BCUT2D eigenvalue weighted by atomic mass is 32.1. The lowest BCUT2D eigenvalue weighted by atomic mass is 10.5. The fraction of sp³-hybridized carbons (Fsp3) is 0.667. The minimum Gasteiger partial charge on any atom is -0.376 e. The Bertz CT molecular complexity index is 149. The third-order valence-corrected chi connectivity index (χ3v) is 1.10. The van der Waals surface area contributed by atoms with Gasteiger partial charge in [-0.15, -0.1) is 0 Å². The van der Waals surface area contributed by atoms with E-state index in [0.29, 0.717) is 12.3 Å². The molecule has 0 saturated heterocycles. The van der Waals surface area contributed by atoms with Crippen molar-refractivity contribution in [2.75, 3.05) is 12.3 Å². The second-order valence-electron chi connectivity index (χ2n) is 1.77. The van der Waals surface area contributed by atoms with Gasteiger partial charge in [0.1, 0.15) is 0 Å². The predicted molar refractivity (Wildman–Crippen MR) is 43.6 cm³/mol. The van der Waals surface area contributed by atoms with Crippen molar-refractivity contribution in [2.24, 2.45) is 0 Å². The van der Waals surface area contributed by atoms with Gasteiger partial charge >= 0.3 is 12.1 Å². The van der Waals surface area contributed by atoms with E-state index in [1.807, 2.05) is 0 Å². The van der Waals surface area contributed by atoms with Crippen LogP contribution in [0.5, 0.6) is 0 Å². The van der Waals surface area contributed by atoms with Gasteiger partial charge in [0.05, 0.1) is 0 Å². The molecular formula is C6H11NO3S. The number of hydrogen-bond donors (Lipinski definition) is 2. The zero-order valence-electron chi connectivity index (χ0n) is 6.29. The first-order valence-electron chi connectivity index (χ1n) is 3.30. The normalized spacial score (nSPS) is 8.91. The Morgan fingerprint density at radius 1 is 1.55 bits per heavy atom. The Morgan fingerprint density at radius 3 is 2.64 bits per heavy atom. The summed E-state index contributed by atoms with van der Waals surface area (Å²) in [6, 6.07) is 0. The maximum absolute atomic E-state index is 10.6.